The summed E-state index contributed by atoms with van der Waals surface area (Å²) in [5, 5.41) is 0.467. The van der Waals surface area contributed by atoms with Crippen molar-refractivity contribution in [1.82, 2.24) is 0 Å². The largest absolute Gasteiger partial charge is 0.483 e. The highest BCUT2D eigenvalue weighted by Crippen LogP contribution is 2.23. The quantitative estimate of drug-likeness (QED) is 0.777. The van der Waals surface area contributed by atoms with Crippen LogP contribution in [0.4, 0.5) is 13.2 Å². The van der Waals surface area contributed by atoms with Gasteiger partial charge >= 0.3 is 6.18 Å². The van der Waals surface area contributed by atoms with E-state index in [9.17, 15) is 18.0 Å². The average molecular weight is 295 g/mol. The number of halogens is 4. The van der Waals surface area contributed by atoms with Gasteiger partial charge < -0.3 is 4.74 Å². The molecule has 0 aliphatic rings. The second-order valence-corrected chi connectivity index (χ2v) is 4.59. The maximum absolute atomic E-state index is 11.9. The molecule has 0 amide bonds. The molecule has 19 heavy (non-hydrogen) atoms. The first kappa shape index (κ1) is 15.8. The van der Waals surface area contributed by atoms with Crippen molar-refractivity contribution >= 4 is 17.4 Å². The normalized spacial score (nSPS) is 13.1. The second kappa shape index (κ2) is 6.80. The molecule has 6 heteroatoms. The van der Waals surface area contributed by atoms with E-state index in [1.54, 1.807) is 24.3 Å². The highest BCUT2D eigenvalue weighted by atomic mass is 35.5. The third-order valence-electron chi connectivity index (χ3n) is 2.45. The van der Waals surface area contributed by atoms with Crippen LogP contribution in [0.3, 0.4) is 0 Å². The molecule has 0 N–H and O–H groups in total. The zero-order chi connectivity index (χ0) is 14.5. The van der Waals surface area contributed by atoms with E-state index in [1.165, 1.54) is 6.92 Å². The van der Waals surface area contributed by atoms with Gasteiger partial charge in [0.2, 0.25) is 0 Å². The number of carbonyl (C=O) groups is 1. The van der Waals surface area contributed by atoms with E-state index in [-0.39, 0.29) is 18.6 Å². The molecule has 1 aromatic carbocycles. The van der Waals surface area contributed by atoms with Crippen molar-refractivity contribution in [3.63, 3.8) is 0 Å². The van der Waals surface area contributed by atoms with Gasteiger partial charge in [0.15, 0.2) is 11.9 Å². The van der Waals surface area contributed by atoms with Crippen LogP contribution in [0.5, 0.6) is 5.75 Å². The summed E-state index contributed by atoms with van der Waals surface area (Å²) < 4.78 is 41.1. The van der Waals surface area contributed by atoms with Crippen LogP contribution in [-0.2, 0) is 4.79 Å². The molecule has 106 valence electrons. The van der Waals surface area contributed by atoms with Gasteiger partial charge in [-0.2, -0.15) is 13.2 Å². The van der Waals surface area contributed by atoms with Crippen LogP contribution >= 0.6 is 11.6 Å². The lowest BCUT2D eigenvalue weighted by molar-refractivity contribution is -0.138. The Kier molecular flexibility index (Phi) is 5.66. The highest BCUT2D eigenvalue weighted by molar-refractivity contribution is 6.30. The number of ether oxygens (including phenoxy) is 1. The van der Waals surface area contributed by atoms with Gasteiger partial charge in [0, 0.05) is 17.9 Å². The van der Waals surface area contributed by atoms with Gasteiger partial charge in [-0.3, -0.25) is 4.79 Å². The number of Topliss-reactive ketones (excluding diaryl/α,β-unsaturated/α-hetero) is 1. The maximum Gasteiger partial charge on any atom is 0.389 e. The first-order valence-corrected chi connectivity index (χ1v) is 6.17. The van der Waals surface area contributed by atoms with Crippen LogP contribution < -0.4 is 4.74 Å². The zero-order valence-electron chi connectivity index (χ0n) is 10.3. The Balaban J connectivity index is 2.41. The van der Waals surface area contributed by atoms with Crippen molar-refractivity contribution < 1.29 is 22.7 Å². The number of ketones is 1. The highest BCUT2D eigenvalue weighted by Gasteiger charge is 2.27. The minimum absolute atomic E-state index is 0.152. The molecular weight excluding hydrogens is 281 g/mol. The fraction of sp³-hybridized carbons (Fsp3) is 0.462. The van der Waals surface area contributed by atoms with E-state index in [0.29, 0.717) is 10.8 Å². The van der Waals surface area contributed by atoms with Crippen molar-refractivity contribution in [2.75, 3.05) is 0 Å². The van der Waals surface area contributed by atoms with Crippen molar-refractivity contribution in [2.24, 2.45) is 0 Å². The van der Waals surface area contributed by atoms with Gasteiger partial charge in [-0.15, -0.1) is 0 Å². The molecule has 0 saturated carbocycles. The summed E-state index contributed by atoms with van der Waals surface area (Å²) in [5.41, 5.74) is 0. The molecule has 1 aromatic rings. The lowest BCUT2D eigenvalue weighted by Gasteiger charge is -2.14. The first-order valence-electron chi connectivity index (χ1n) is 5.79. The Morgan fingerprint density at radius 3 is 2.68 bits per heavy atom. The van der Waals surface area contributed by atoms with Crippen molar-refractivity contribution in [2.45, 2.75) is 38.5 Å². The molecule has 0 radical (unpaired) electrons. The summed E-state index contributed by atoms with van der Waals surface area (Å²) in [6.07, 6.45) is -6.33. The molecule has 0 bridgehead atoms. The minimum atomic E-state index is -4.22. The van der Waals surface area contributed by atoms with Gasteiger partial charge in [-0.25, -0.2) is 0 Å². The van der Waals surface area contributed by atoms with E-state index in [0.717, 1.165) is 0 Å². The van der Waals surface area contributed by atoms with E-state index in [2.05, 4.69) is 0 Å². The van der Waals surface area contributed by atoms with Crippen molar-refractivity contribution in [3.05, 3.63) is 29.3 Å². The van der Waals surface area contributed by atoms with Gasteiger partial charge in [-0.05, 0) is 31.5 Å². The SMILES string of the molecule is CC(Oc1cccc(Cl)c1)C(=O)CCCC(F)(F)F. The summed E-state index contributed by atoms with van der Waals surface area (Å²) in [6.45, 7) is 1.51. The molecule has 2 nitrogen and oxygen atoms in total. The third-order valence-corrected chi connectivity index (χ3v) is 2.68. The maximum atomic E-state index is 11.9. The molecule has 0 aliphatic heterocycles. The van der Waals surface area contributed by atoms with Crippen molar-refractivity contribution in [1.29, 1.82) is 0 Å². The Labute approximate surface area is 114 Å². The fourth-order valence-corrected chi connectivity index (χ4v) is 1.66. The number of hydrogen-bond donors (Lipinski definition) is 0. The molecule has 0 fully saturated rings. The second-order valence-electron chi connectivity index (χ2n) is 4.15. The van der Waals surface area contributed by atoms with Crippen LogP contribution in [0.25, 0.3) is 0 Å². The summed E-state index contributed by atoms with van der Waals surface area (Å²) in [4.78, 5) is 11.6. The van der Waals surface area contributed by atoms with Crippen molar-refractivity contribution in [3.8, 4) is 5.75 Å². The smallest absolute Gasteiger partial charge is 0.389 e. The molecule has 0 saturated heterocycles. The van der Waals surface area contributed by atoms with Crippen LogP contribution in [0.2, 0.25) is 5.02 Å². The van der Waals surface area contributed by atoms with Crippen LogP contribution in [-0.4, -0.2) is 18.1 Å². The molecule has 1 unspecified atom stereocenters. The van der Waals surface area contributed by atoms with Gasteiger partial charge in [-0.1, -0.05) is 17.7 Å². The lowest BCUT2D eigenvalue weighted by atomic mass is 10.1. The summed E-state index contributed by atoms with van der Waals surface area (Å²) in [6, 6.07) is 6.50. The summed E-state index contributed by atoms with van der Waals surface area (Å²) in [5.74, 6) is 0.0633. The summed E-state index contributed by atoms with van der Waals surface area (Å²) in [7, 11) is 0. The standard InChI is InChI=1S/C13H14ClF3O2/c1-9(12(18)6-3-7-13(15,16)17)19-11-5-2-4-10(14)8-11/h2,4-5,8-9H,3,6-7H2,1H3. The lowest BCUT2D eigenvalue weighted by Crippen LogP contribution is -2.24. The van der Waals surface area contributed by atoms with Crippen LogP contribution in [0.15, 0.2) is 24.3 Å². The van der Waals surface area contributed by atoms with Gasteiger partial charge in [0.1, 0.15) is 5.75 Å². The number of hydrogen-bond acceptors (Lipinski definition) is 2. The first-order chi connectivity index (χ1) is 8.78. The molecule has 1 rings (SSSR count). The molecule has 0 aromatic heterocycles. The molecule has 0 aliphatic carbocycles. The zero-order valence-corrected chi connectivity index (χ0v) is 11.1. The number of carbonyl (C=O) groups excluding carboxylic acids is 1. The summed E-state index contributed by atoms with van der Waals surface area (Å²) >= 11 is 5.75. The fourth-order valence-electron chi connectivity index (χ4n) is 1.48. The monoisotopic (exact) mass is 294 g/mol. The van der Waals surface area contributed by atoms with Gasteiger partial charge in [0.25, 0.3) is 0 Å². The number of alkyl halides is 3. The van der Waals surface area contributed by atoms with E-state index >= 15 is 0 Å². The predicted octanol–water partition coefficient (Wildman–Crippen LogP) is 4.41. The Morgan fingerprint density at radius 2 is 2.11 bits per heavy atom. The van der Waals surface area contributed by atoms with E-state index in [4.69, 9.17) is 16.3 Å². The molecular formula is C13H14ClF3O2. The average Bonchev–Trinajstić information content (AvgIpc) is 2.27. The Hall–Kier alpha value is -1.23. The molecule has 0 heterocycles. The predicted molar refractivity (Wildman–Crippen MR) is 66.5 cm³/mol. The topological polar surface area (TPSA) is 26.3 Å². The Morgan fingerprint density at radius 1 is 1.42 bits per heavy atom. The molecule has 0 spiro atoms. The van der Waals surface area contributed by atoms with E-state index < -0.39 is 18.7 Å². The number of rotatable bonds is 6. The minimum Gasteiger partial charge on any atom is -0.483 e. The van der Waals surface area contributed by atoms with Crippen LogP contribution in [0.1, 0.15) is 26.2 Å². The third kappa shape index (κ3) is 6.47. The molecule has 1 atom stereocenters. The Bertz CT molecular complexity index is 432. The van der Waals surface area contributed by atoms with E-state index in [1.807, 2.05) is 0 Å². The van der Waals surface area contributed by atoms with Gasteiger partial charge in [0.05, 0.1) is 0 Å². The number of benzene rings is 1. The van der Waals surface area contributed by atoms with Crippen LogP contribution in [0, 0.1) is 0 Å².